The van der Waals surface area contributed by atoms with Gasteiger partial charge in [-0.05, 0) is 24.6 Å². The van der Waals surface area contributed by atoms with Crippen molar-refractivity contribution in [2.24, 2.45) is 0 Å². The molecule has 0 radical (unpaired) electrons. The number of benzene rings is 1. The van der Waals surface area contributed by atoms with Crippen molar-refractivity contribution >= 4 is 54.9 Å². The molecule has 0 atom stereocenters. The van der Waals surface area contributed by atoms with Crippen molar-refractivity contribution in [3.63, 3.8) is 0 Å². The molecule has 0 aliphatic carbocycles. The summed E-state index contributed by atoms with van der Waals surface area (Å²) in [6, 6.07) is 2.79. The molecular formula is C12H9BrClFO2S. The molecule has 1 heterocycles. The summed E-state index contributed by atoms with van der Waals surface area (Å²) in [5.74, 6) is -0.819. The fraction of sp³-hybridized carbons (Fsp3) is 0.250. The summed E-state index contributed by atoms with van der Waals surface area (Å²) in [6.07, 6.45) is 0. The highest BCUT2D eigenvalue weighted by Crippen LogP contribution is 2.39. The molecule has 0 amide bonds. The Morgan fingerprint density at radius 1 is 1.56 bits per heavy atom. The first-order chi connectivity index (χ1) is 8.60. The van der Waals surface area contributed by atoms with Crippen LogP contribution in [0.3, 0.4) is 0 Å². The second kappa shape index (κ2) is 5.55. The fourth-order valence-electron chi connectivity index (χ4n) is 1.68. The zero-order valence-electron chi connectivity index (χ0n) is 9.43. The van der Waals surface area contributed by atoms with Gasteiger partial charge in [-0.2, -0.15) is 0 Å². The van der Waals surface area contributed by atoms with E-state index in [9.17, 15) is 9.18 Å². The first-order valence-electron chi connectivity index (χ1n) is 5.22. The molecule has 2 rings (SSSR count). The number of carbonyl (C=O) groups is 1. The molecule has 96 valence electrons. The summed E-state index contributed by atoms with van der Waals surface area (Å²) in [7, 11) is 0. The number of carbonyl (C=O) groups excluding carboxylic acids is 1. The third-order valence-electron chi connectivity index (χ3n) is 2.43. The smallest absolute Gasteiger partial charge is 0.348 e. The standard InChI is InChI=1S/C12H9BrClFO2S/c1-2-17-12(16)10-6(5-13)9-7(14)3-4-8(15)11(9)18-10/h3-4H,2,5H2,1H3. The highest BCUT2D eigenvalue weighted by molar-refractivity contribution is 9.08. The van der Waals surface area contributed by atoms with Crippen molar-refractivity contribution < 1.29 is 13.9 Å². The Kier molecular flexibility index (Phi) is 4.25. The third-order valence-corrected chi connectivity index (χ3v) is 4.53. The van der Waals surface area contributed by atoms with E-state index >= 15 is 0 Å². The van der Waals surface area contributed by atoms with Crippen molar-refractivity contribution in [1.29, 1.82) is 0 Å². The minimum Gasteiger partial charge on any atom is -0.462 e. The van der Waals surface area contributed by atoms with Gasteiger partial charge in [0.1, 0.15) is 10.7 Å². The quantitative estimate of drug-likeness (QED) is 0.588. The average molecular weight is 352 g/mol. The van der Waals surface area contributed by atoms with Crippen LogP contribution in [0.5, 0.6) is 0 Å². The maximum atomic E-state index is 13.7. The van der Waals surface area contributed by atoms with Crippen LogP contribution in [0.4, 0.5) is 4.39 Å². The number of rotatable bonds is 3. The molecule has 0 bridgehead atoms. The van der Waals surface area contributed by atoms with Gasteiger partial charge in [0, 0.05) is 15.7 Å². The van der Waals surface area contributed by atoms with Crippen LogP contribution in [0.15, 0.2) is 12.1 Å². The molecule has 0 spiro atoms. The van der Waals surface area contributed by atoms with Crippen molar-refractivity contribution in [2.45, 2.75) is 12.3 Å². The number of fused-ring (bicyclic) bond motifs is 1. The molecule has 0 saturated carbocycles. The lowest BCUT2D eigenvalue weighted by atomic mass is 10.1. The molecule has 0 aliphatic heterocycles. The van der Waals surface area contributed by atoms with Crippen molar-refractivity contribution in [2.75, 3.05) is 6.61 Å². The molecule has 1 aromatic heterocycles. The molecular weight excluding hydrogens is 343 g/mol. The number of thiophene rings is 1. The first kappa shape index (κ1) is 13.8. The van der Waals surface area contributed by atoms with Crippen molar-refractivity contribution in [1.82, 2.24) is 0 Å². The van der Waals surface area contributed by atoms with Crippen LogP contribution in [0.1, 0.15) is 22.2 Å². The van der Waals surface area contributed by atoms with Gasteiger partial charge in [0.25, 0.3) is 0 Å². The van der Waals surface area contributed by atoms with Crippen molar-refractivity contribution in [3.05, 3.63) is 33.4 Å². The van der Waals surface area contributed by atoms with Gasteiger partial charge >= 0.3 is 5.97 Å². The summed E-state index contributed by atoms with van der Waals surface area (Å²) < 4.78 is 19.1. The second-order valence-electron chi connectivity index (χ2n) is 3.50. The normalized spacial score (nSPS) is 10.9. The molecule has 0 aliphatic rings. The zero-order valence-corrected chi connectivity index (χ0v) is 12.6. The molecule has 2 nitrogen and oxygen atoms in total. The highest BCUT2D eigenvalue weighted by atomic mass is 79.9. The minimum atomic E-state index is -0.441. The maximum Gasteiger partial charge on any atom is 0.348 e. The zero-order chi connectivity index (χ0) is 13.3. The maximum absolute atomic E-state index is 13.7. The van der Waals surface area contributed by atoms with Gasteiger partial charge in [0.15, 0.2) is 0 Å². The van der Waals surface area contributed by atoms with Crippen LogP contribution in [0.25, 0.3) is 10.1 Å². The lowest BCUT2D eigenvalue weighted by Gasteiger charge is -2.01. The Labute approximate surface area is 121 Å². The number of ether oxygens (including phenoxy) is 1. The summed E-state index contributed by atoms with van der Waals surface area (Å²) in [5.41, 5.74) is 0.679. The molecule has 18 heavy (non-hydrogen) atoms. The monoisotopic (exact) mass is 350 g/mol. The third kappa shape index (κ3) is 2.27. The fourth-order valence-corrected chi connectivity index (χ4v) is 3.90. The summed E-state index contributed by atoms with van der Waals surface area (Å²) >= 11 is 10.5. The Morgan fingerprint density at radius 3 is 2.89 bits per heavy atom. The summed E-state index contributed by atoms with van der Waals surface area (Å²) in [6.45, 7) is 2.01. The predicted octanol–water partition coefficient (Wildman–Crippen LogP) is 4.77. The van der Waals surface area contributed by atoms with E-state index in [0.29, 0.717) is 30.9 Å². The van der Waals surface area contributed by atoms with Crippen LogP contribution >= 0.6 is 38.9 Å². The van der Waals surface area contributed by atoms with E-state index in [1.54, 1.807) is 6.92 Å². The second-order valence-corrected chi connectivity index (χ2v) is 5.49. The topological polar surface area (TPSA) is 26.3 Å². The number of halogens is 3. The number of hydrogen-bond acceptors (Lipinski definition) is 3. The van der Waals surface area contributed by atoms with E-state index in [2.05, 4.69) is 15.9 Å². The Morgan fingerprint density at radius 2 is 2.28 bits per heavy atom. The molecule has 0 saturated heterocycles. The van der Waals surface area contributed by atoms with Crippen molar-refractivity contribution in [3.8, 4) is 0 Å². The van der Waals surface area contributed by atoms with Gasteiger partial charge < -0.3 is 4.74 Å². The van der Waals surface area contributed by atoms with E-state index in [1.807, 2.05) is 0 Å². The Bertz CT molecular complexity index is 612. The molecule has 0 unspecified atom stereocenters. The summed E-state index contributed by atoms with van der Waals surface area (Å²) in [5, 5.41) is 1.44. The molecule has 6 heteroatoms. The van der Waals surface area contributed by atoms with E-state index in [-0.39, 0.29) is 12.4 Å². The molecule has 0 N–H and O–H groups in total. The van der Waals surface area contributed by atoms with Gasteiger partial charge in [0.05, 0.1) is 11.3 Å². The Hall–Kier alpha value is -0.650. The van der Waals surface area contributed by atoms with E-state index in [1.165, 1.54) is 12.1 Å². The van der Waals surface area contributed by atoms with Crippen LogP contribution in [0, 0.1) is 5.82 Å². The van der Waals surface area contributed by atoms with E-state index in [0.717, 1.165) is 11.3 Å². The predicted molar refractivity (Wildman–Crippen MR) is 75.4 cm³/mol. The van der Waals surface area contributed by atoms with Crippen LogP contribution in [0.2, 0.25) is 5.02 Å². The van der Waals surface area contributed by atoms with E-state index < -0.39 is 5.97 Å². The van der Waals surface area contributed by atoms with Crippen LogP contribution in [-0.4, -0.2) is 12.6 Å². The first-order valence-corrected chi connectivity index (χ1v) is 7.54. The molecule has 0 fully saturated rings. The highest BCUT2D eigenvalue weighted by Gasteiger charge is 2.22. The SMILES string of the molecule is CCOC(=O)c1sc2c(F)ccc(Cl)c2c1CBr. The largest absolute Gasteiger partial charge is 0.462 e. The minimum absolute atomic E-state index is 0.283. The molecule has 1 aromatic carbocycles. The van der Waals surface area contributed by atoms with Gasteiger partial charge in [-0.1, -0.05) is 27.5 Å². The number of alkyl halides is 1. The average Bonchev–Trinajstić information content (AvgIpc) is 2.74. The lowest BCUT2D eigenvalue weighted by Crippen LogP contribution is -2.04. The summed E-state index contributed by atoms with van der Waals surface area (Å²) in [4.78, 5) is 12.2. The lowest BCUT2D eigenvalue weighted by molar-refractivity contribution is 0.0531. The molecule has 2 aromatic rings. The van der Waals surface area contributed by atoms with Gasteiger partial charge in [0.2, 0.25) is 0 Å². The number of hydrogen-bond donors (Lipinski definition) is 0. The van der Waals surface area contributed by atoms with Gasteiger partial charge in [-0.25, -0.2) is 9.18 Å². The van der Waals surface area contributed by atoms with E-state index in [4.69, 9.17) is 16.3 Å². The van der Waals surface area contributed by atoms with Crippen LogP contribution < -0.4 is 0 Å². The van der Waals surface area contributed by atoms with Crippen LogP contribution in [-0.2, 0) is 10.1 Å². The van der Waals surface area contributed by atoms with Gasteiger partial charge in [-0.15, -0.1) is 11.3 Å². The Balaban J connectivity index is 2.72. The van der Waals surface area contributed by atoms with Gasteiger partial charge in [-0.3, -0.25) is 0 Å². The number of esters is 1.